The Labute approximate surface area is 119 Å². The Morgan fingerprint density at radius 1 is 0.842 bits per heavy atom. The lowest BCUT2D eigenvalue weighted by Gasteiger charge is -2.31. The van der Waals surface area contributed by atoms with E-state index in [4.69, 9.17) is 8.85 Å². The van der Waals surface area contributed by atoms with Gasteiger partial charge in [-0.3, -0.25) is 0 Å². The van der Waals surface area contributed by atoms with Crippen LogP contribution in [0.2, 0.25) is 12.1 Å². The normalized spacial score (nSPS) is 20.9. The highest BCUT2D eigenvalue weighted by Gasteiger charge is 2.37. The molecule has 0 aromatic carbocycles. The van der Waals surface area contributed by atoms with Crippen LogP contribution in [0, 0.1) is 0 Å². The van der Waals surface area contributed by atoms with Crippen molar-refractivity contribution in [1.82, 2.24) is 0 Å². The average molecular weight is 280 g/mol. The van der Waals surface area contributed by atoms with Gasteiger partial charge in [-0.1, -0.05) is 23.3 Å². The van der Waals surface area contributed by atoms with Crippen LogP contribution in [-0.4, -0.2) is 22.8 Å². The van der Waals surface area contributed by atoms with Crippen LogP contribution >= 0.6 is 0 Å². The largest absolute Gasteiger partial charge is 0.397 e. The zero-order chi connectivity index (χ0) is 13.6. The number of hydrogen-bond acceptors (Lipinski definition) is 2. The van der Waals surface area contributed by atoms with Gasteiger partial charge in [-0.15, -0.1) is 0 Å². The Morgan fingerprint density at radius 3 is 1.63 bits per heavy atom. The maximum Gasteiger partial charge on any atom is 0.345 e. The summed E-state index contributed by atoms with van der Waals surface area (Å²) in [4.78, 5) is 0. The molecule has 2 nitrogen and oxygen atoms in total. The molecule has 0 unspecified atom stereocenters. The molecule has 0 N–H and O–H groups in total. The Bertz CT molecular complexity index is 313. The van der Waals surface area contributed by atoms with Crippen LogP contribution in [0.3, 0.4) is 0 Å². The summed E-state index contributed by atoms with van der Waals surface area (Å²) in [6, 6.07) is 2.13. The van der Waals surface area contributed by atoms with E-state index in [9.17, 15) is 0 Å². The minimum absolute atomic E-state index is 1.07. The summed E-state index contributed by atoms with van der Waals surface area (Å²) in [6.45, 7) is 0. The van der Waals surface area contributed by atoms with E-state index in [1.807, 2.05) is 14.2 Å². The molecular weight excluding hydrogens is 252 g/mol. The van der Waals surface area contributed by atoms with Gasteiger partial charge in [-0.25, -0.2) is 0 Å². The fraction of sp³-hybridized carbons (Fsp3) is 0.750. The van der Waals surface area contributed by atoms with Crippen molar-refractivity contribution >= 4 is 8.56 Å². The monoisotopic (exact) mass is 280 g/mol. The second-order valence-corrected chi connectivity index (χ2v) is 9.23. The third-order valence-electron chi connectivity index (χ3n) is 4.51. The van der Waals surface area contributed by atoms with Gasteiger partial charge < -0.3 is 8.85 Å². The van der Waals surface area contributed by atoms with Crippen LogP contribution < -0.4 is 0 Å². The minimum Gasteiger partial charge on any atom is -0.397 e. The van der Waals surface area contributed by atoms with E-state index in [0.717, 1.165) is 12.1 Å². The van der Waals surface area contributed by atoms with Gasteiger partial charge in [0.25, 0.3) is 0 Å². The third kappa shape index (κ3) is 4.30. The summed E-state index contributed by atoms with van der Waals surface area (Å²) in [7, 11) is 1.64. The van der Waals surface area contributed by atoms with Crippen molar-refractivity contribution in [3.8, 4) is 0 Å². The molecule has 0 fully saturated rings. The molecule has 0 aliphatic heterocycles. The molecule has 0 aromatic rings. The van der Waals surface area contributed by atoms with E-state index < -0.39 is 8.56 Å². The molecule has 0 bridgehead atoms. The second-order valence-electron chi connectivity index (χ2n) is 5.89. The van der Waals surface area contributed by atoms with E-state index in [1.54, 1.807) is 11.1 Å². The molecule has 3 heteroatoms. The summed E-state index contributed by atoms with van der Waals surface area (Å²) < 4.78 is 11.9. The van der Waals surface area contributed by atoms with Crippen molar-refractivity contribution in [2.45, 2.75) is 63.5 Å². The van der Waals surface area contributed by atoms with Crippen molar-refractivity contribution in [1.29, 1.82) is 0 Å². The maximum absolute atomic E-state index is 5.93. The molecule has 0 atom stereocenters. The summed E-state index contributed by atoms with van der Waals surface area (Å²) in [5.74, 6) is 0. The van der Waals surface area contributed by atoms with E-state index in [1.165, 1.54) is 51.4 Å². The van der Waals surface area contributed by atoms with Crippen LogP contribution in [0.15, 0.2) is 23.3 Å². The molecule has 0 amide bonds. The predicted molar refractivity (Wildman–Crippen MR) is 82.5 cm³/mol. The molecule has 0 heterocycles. The van der Waals surface area contributed by atoms with E-state index in [2.05, 4.69) is 12.2 Å². The fourth-order valence-corrected chi connectivity index (χ4v) is 6.15. The highest BCUT2D eigenvalue weighted by Crippen LogP contribution is 2.33. The zero-order valence-electron chi connectivity index (χ0n) is 12.5. The summed E-state index contributed by atoms with van der Waals surface area (Å²) in [5.41, 5.74) is 3.16. The molecule has 2 aliphatic rings. The SMILES string of the molecule is CO[Si](CC1=CCCCC1)(CC1=CCCCC1)OC. The molecule has 108 valence electrons. The maximum atomic E-state index is 5.93. The van der Waals surface area contributed by atoms with Crippen LogP contribution in [0.25, 0.3) is 0 Å². The van der Waals surface area contributed by atoms with E-state index >= 15 is 0 Å². The summed E-state index contributed by atoms with van der Waals surface area (Å²) in [5, 5.41) is 0. The van der Waals surface area contributed by atoms with Crippen molar-refractivity contribution < 1.29 is 8.85 Å². The molecule has 0 aromatic heterocycles. The Hall–Kier alpha value is -0.383. The standard InChI is InChI=1S/C16H28O2Si/c1-17-19(18-2,13-15-9-5-3-6-10-15)14-16-11-7-4-8-12-16/h9,11H,3-8,10,12-14H2,1-2H3. The first kappa shape index (κ1) is 15.0. The lowest BCUT2D eigenvalue weighted by atomic mass is 10.0. The van der Waals surface area contributed by atoms with Crippen LogP contribution in [0.1, 0.15) is 51.4 Å². The highest BCUT2D eigenvalue weighted by molar-refractivity contribution is 6.68. The topological polar surface area (TPSA) is 18.5 Å². The number of allylic oxidation sites excluding steroid dienone is 4. The lowest BCUT2D eigenvalue weighted by molar-refractivity contribution is 0.246. The predicted octanol–water partition coefficient (Wildman–Crippen LogP) is 4.72. The fourth-order valence-electron chi connectivity index (χ4n) is 3.26. The molecule has 19 heavy (non-hydrogen) atoms. The molecule has 0 spiro atoms. The van der Waals surface area contributed by atoms with E-state index in [-0.39, 0.29) is 0 Å². The molecular formula is C16H28O2Si. The number of rotatable bonds is 6. The molecule has 2 rings (SSSR count). The Morgan fingerprint density at radius 2 is 1.32 bits per heavy atom. The Kier molecular flexibility index (Phi) is 5.86. The second kappa shape index (κ2) is 7.41. The van der Waals surface area contributed by atoms with Crippen LogP contribution in [0.4, 0.5) is 0 Å². The van der Waals surface area contributed by atoms with Gasteiger partial charge in [-0.2, -0.15) is 0 Å². The van der Waals surface area contributed by atoms with E-state index in [0.29, 0.717) is 0 Å². The van der Waals surface area contributed by atoms with Gasteiger partial charge in [0, 0.05) is 26.3 Å². The first-order valence-electron chi connectivity index (χ1n) is 7.74. The summed E-state index contributed by atoms with van der Waals surface area (Å²) in [6.07, 6.45) is 15.2. The van der Waals surface area contributed by atoms with Gasteiger partial charge in [0.2, 0.25) is 0 Å². The van der Waals surface area contributed by atoms with Gasteiger partial charge in [0.1, 0.15) is 0 Å². The molecule has 0 radical (unpaired) electrons. The van der Waals surface area contributed by atoms with Crippen molar-refractivity contribution in [3.05, 3.63) is 23.3 Å². The Balaban J connectivity index is 2.03. The van der Waals surface area contributed by atoms with Gasteiger partial charge in [0.15, 0.2) is 0 Å². The minimum atomic E-state index is -2.05. The van der Waals surface area contributed by atoms with Crippen molar-refractivity contribution in [3.63, 3.8) is 0 Å². The molecule has 0 saturated carbocycles. The number of hydrogen-bond donors (Lipinski definition) is 0. The van der Waals surface area contributed by atoms with Gasteiger partial charge in [0.05, 0.1) is 0 Å². The van der Waals surface area contributed by atoms with Gasteiger partial charge >= 0.3 is 8.56 Å². The van der Waals surface area contributed by atoms with Crippen LogP contribution in [-0.2, 0) is 8.85 Å². The van der Waals surface area contributed by atoms with Crippen molar-refractivity contribution in [2.75, 3.05) is 14.2 Å². The highest BCUT2D eigenvalue weighted by atomic mass is 28.4. The third-order valence-corrected chi connectivity index (χ3v) is 7.98. The first-order valence-corrected chi connectivity index (χ1v) is 9.97. The molecule has 0 saturated heterocycles. The molecule has 2 aliphatic carbocycles. The smallest absolute Gasteiger partial charge is 0.345 e. The zero-order valence-corrected chi connectivity index (χ0v) is 13.5. The quantitative estimate of drug-likeness (QED) is 0.517. The lowest BCUT2D eigenvalue weighted by Crippen LogP contribution is -2.41. The average Bonchev–Trinajstić information content (AvgIpc) is 2.48. The van der Waals surface area contributed by atoms with Gasteiger partial charge in [-0.05, 0) is 51.4 Å². The first-order chi connectivity index (χ1) is 9.28. The summed E-state index contributed by atoms with van der Waals surface area (Å²) >= 11 is 0. The van der Waals surface area contributed by atoms with Crippen molar-refractivity contribution in [2.24, 2.45) is 0 Å². The van der Waals surface area contributed by atoms with Crippen LogP contribution in [0.5, 0.6) is 0 Å².